The molecule has 3 aromatic carbocycles. The predicted octanol–water partition coefficient (Wildman–Crippen LogP) is 4.91. The van der Waals surface area contributed by atoms with Gasteiger partial charge in [-0.1, -0.05) is 72.8 Å². The van der Waals surface area contributed by atoms with Crippen molar-refractivity contribution in [3.8, 4) is 11.6 Å². The van der Waals surface area contributed by atoms with Gasteiger partial charge in [0.25, 0.3) is 11.8 Å². The molecular weight excluding hydrogens is 567 g/mol. The van der Waals surface area contributed by atoms with Crippen LogP contribution in [0, 0.1) is 5.82 Å². The van der Waals surface area contributed by atoms with Crippen molar-refractivity contribution in [2.45, 2.75) is 39.0 Å². The number of aromatic nitrogens is 2. The second kappa shape index (κ2) is 14.7. The summed E-state index contributed by atoms with van der Waals surface area (Å²) in [5.74, 6) is -1.47. The Kier molecular flexibility index (Phi) is 10.6. The van der Waals surface area contributed by atoms with E-state index in [-0.39, 0.29) is 55.1 Å². The van der Waals surface area contributed by atoms with Gasteiger partial charge >= 0.3 is 6.09 Å². The molecule has 228 valence electrons. The number of hydrogen-bond acceptors (Lipinski definition) is 8. The fraction of sp³-hybridized carbons (Fsp3) is 0.242. The van der Waals surface area contributed by atoms with Crippen molar-refractivity contribution >= 4 is 17.8 Å². The monoisotopic (exact) mass is 600 g/mol. The number of alkyl carbamates (subject to hydrolysis) is 1. The summed E-state index contributed by atoms with van der Waals surface area (Å²) in [4.78, 5) is 47.6. The van der Waals surface area contributed by atoms with E-state index in [1.54, 1.807) is 13.8 Å². The lowest BCUT2D eigenvalue weighted by Crippen LogP contribution is -2.43. The van der Waals surface area contributed by atoms with Gasteiger partial charge in [0.2, 0.25) is 5.75 Å². The molecule has 2 amide bonds. The number of nitrogens with zero attached hydrogens (tertiary/aromatic N) is 2. The van der Waals surface area contributed by atoms with Crippen LogP contribution >= 0.6 is 0 Å². The lowest BCUT2D eigenvalue weighted by atomic mass is 10.0. The zero-order valence-corrected chi connectivity index (χ0v) is 24.6. The standard InChI is InChI=1S/C33H33FN4O6/c1-33(2,38-32(41)44-21-24-12-8-5-9-13-24)31-36-27(28(30(37-31)42-3)43-20-23-10-6-4-7-11-23)29(40)35-19-26(39)18-22-14-16-25(34)17-15-22/h4-17H,18-21H2,1-3H3,(H,35,40)(H,38,41). The fourth-order valence-corrected chi connectivity index (χ4v) is 4.09. The second-order valence-corrected chi connectivity index (χ2v) is 10.3. The molecule has 1 heterocycles. The van der Waals surface area contributed by atoms with E-state index in [4.69, 9.17) is 14.2 Å². The summed E-state index contributed by atoms with van der Waals surface area (Å²) in [7, 11) is 1.37. The van der Waals surface area contributed by atoms with Gasteiger partial charge in [0.15, 0.2) is 17.3 Å². The van der Waals surface area contributed by atoms with Crippen LogP contribution in [-0.4, -0.2) is 41.4 Å². The predicted molar refractivity (Wildman–Crippen MR) is 160 cm³/mol. The molecular formula is C33H33FN4O6. The van der Waals surface area contributed by atoms with Crippen LogP contribution in [0.3, 0.4) is 0 Å². The molecule has 0 saturated carbocycles. The van der Waals surface area contributed by atoms with Crippen LogP contribution in [0.5, 0.6) is 11.6 Å². The third-order valence-corrected chi connectivity index (χ3v) is 6.42. The van der Waals surface area contributed by atoms with Gasteiger partial charge in [-0.15, -0.1) is 0 Å². The van der Waals surface area contributed by atoms with E-state index >= 15 is 0 Å². The molecule has 10 nitrogen and oxygen atoms in total. The average Bonchev–Trinajstić information content (AvgIpc) is 3.03. The van der Waals surface area contributed by atoms with Crippen molar-refractivity contribution in [3.63, 3.8) is 0 Å². The molecule has 2 N–H and O–H groups in total. The topological polar surface area (TPSA) is 129 Å². The van der Waals surface area contributed by atoms with Gasteiger partial charge in [-0.2, -0.15) is 4.98 Å². The van der Waals surface area contributed by atoms with E-state index in [2.05, 4.69) is 20.6 Å². The van der Waals surface area contributed by atoms with E-state index in [0.717, 1.165) is 11.1 Å². The molecule has 44 heavy (non-hydrogen) atoms. The lowest BCUT2D eigenvalue weighted by molar-refractivity contribution is -0.117. The van der Waals surface area contributed by atoms with Crippen molar-refractivity contribution in [1.82, 2.24) is 20.6 Å². The Labute approximate surface area is 254 Å². The highest BCUT2D eigenvalue weighted by molar-refractivity contribution is 5.98. The third kappa shape index (κ3) is 8.84. The summed E-state index contributed by atoms with van der Waals surface area (Å²) in [6.07, 6.45) is -0.721. The molecule has 1 aromatic heterocycles. The van der Waals surface area contributed by atoms with Gasteiger partial charge in [0.05, 0.1) is 19.2 Å². The molecule has 0 radical (unpaired) electrons. The van der Waals surface area contributed by atoms with E-state index in [9.17, 15) is 18.8 Å². The second-order valence-electron chi connectivity index (χ2n) is 10.3. The molecule has 11 heteroatoms. The normalized spacial score (nSPS) is 10.9. The summed E-state index contributed by atoms with van der Waals surface area (Å²) in [6, 6.07) is 24.0. The maximum absolute atomic E-state index is 13.5. The largest absolute Gasteiger partial charge is 0.481 e. The molecule has 4 rings (SSSR count). The highest BCUT2D eigenvalue weighted by Crippen LogP contribution is 2.32. The summed E-state index contributed by atoms with van der Waals surface area (Å²) in [5.41, 5.74) is 0.834. The van der Waals surface area contributed by atoms with E-state index in [1.165, 1.54) is 31.4 Å². The summed E-state index contributed by atoms with van der Waals surface area (Å²) >= 11 is 0. The van der Waals surface area contributed by atoms with Crippen LogP contribution in [-0.2, 0) is 34.7 Å². The van der Waals surface area contributed by atoms with Gasteiger partial charge in [-0.25, -0.2) is 14.2 Å². The zero-order valence-electron chi connectivity index (χ0n) is 24.6. The maximum atomic E-state index is 13.5. The van der Waals surface area contributed by atoms with Crippen molar-refractivity contribution in [1.29, 1.82) is 0 Å². The highest BCUT2D eigenvalue weighted by Gasteiger charge is 2.32. The van der Waals surface area contributed by atoms with Crippen molar-refractivity contribution in [3.05, 3.63) is 119 Å². The molecule has 0 spiro atoms. The van der Waals surface area contributed by atoms with Gasteiger partial charge in [0, 0.05) is 6.42 Å². The van der Waals surface area contributed by atoms with Crippen LogP contribution in [0.1, 0.15) is 46.9 Å². The minimum absolute atomic E-state index is 0.00167. The third-order valence-electron chi connectivity index (χ3n) is 6.42. The van der Waals surface area contributed by atoms with E-state index < -0.39 is 23.4 Å². The quantitative estimate of drug-likeness (QED) is 0.222. The number of benzene rings is 3. The first-order valence-electron chi connectivity index (χ1n) is 13.8. The fourth-order valence-electron chi connectivity index (χ4n) is 4.09. The molecule has 0 aliphatic rings. The minimum Gasteiger partial charge on any atom is -0.481 e. The smallest absolute Gasteiger partial charge is 0.408 e. The summed E-state index contributed by atoms with van der Waals surface area (Å²) in [6.45, 7) is 3.10. The first-order chi connectivity index (χ1) is 21.1. The number of nitrogens with one attached hydrogen (secondary N) is 2. The Morgan fingerprint density at radius 1 is 0.818 bits per heavy atom. The van der Waals surface area contributed by atoms with Crippen LogP contribution in [0.4, 0.5) is 9.18 Å². The molecule has 0 saturated heterocycles. The number of hydrogen-bond donors (Lipinski definition) is 2. The number of rotatable bonds is 13. The minimum atomic E-state index is -1.22. The maximum Gasteiger partial charge on any atom is 0.408 e. The van der Waals surface area contributed by atoms with E-state index in [0.29, 0.717) is 5.56 Å². The number of ether oxygens (including phenoxy) is 3. The number of methoxy groups -OCH3 is 1. The van der Waals surface area contributed by atoms with Crippen molar-refractivity contribution in [2.24, 2.45) is 0 Å². The molecule has 0 unspecified atom stereocenters. The van der Waals surface area contributed by atoms with Crippen LogP contribution in [0.15, 0.2) is 84.9 Å². The Morgan fingerprint density at radius 3 is 2.05 bits per heavy atom. The number of halogens is 1. The van der Waals surface area contributed by atoms with Crippen molar-refractivity contribution < 1.29 is 33.0 Å². The SMILES string of the molecule is COc1nc(C(C)(C)NC(=O)OCc2ccccc2)nc(C(=O)NCC(=O)Cc2ccc(F)cc2)c1OCc1ccccc1. The first kappa shape index (κ1) is 31.6. The first-order valence-corrected chi connectivity index (χ1v) is 13.8. The van der Waals surface area contributed by atoms with Gasteiger partial charge in [0.1, 0.15) is 19.0 Å². The number of carbonyl (C=O) groups excluding carboxylic acids is 3. The Hall–Kier alpha value is -5.32. The number of carbonyl (C=O) groups is 3. The Morgan fingerprint density at radius 2 is 1.43 bits per heavy atom. The number of Topliss-reactive ketones (excluding diaryl/α,β-unsaturated/α-hetero) is 1. The molecule has 0 fully saturated rings. The lowest BCUT2D eigenvalue weighted by Gasteiger charge is -2.26. The molecule has 4 aromatic rings. The molecule has 0 bridgehead atoms. The highest BCUT2D eigenvalue weighted by atomic mass is 19.1. The summed E-state index contributed by atoms with van der Waals surface area (Å²) < 4.78 is 30.0. The summed E-state index contributed by atoms with van der Waals surface area (Å²) in [5, 5.41) is 5.30. The van der Waals surface area contributed by atoms with Crippen LogP contribution in [0.2, 0.25) is 0 Å². The van der Waals surface area contributed by atoms with E-state index in [1.807, 2.05) is 60.7 Å². The Balaban J connectivity index is 1.55. The molecule has 0 aliphatic heterocycles. The van der Waals surface area contributed by atoms with Gasteiger partial charge in [-0.3, -0.25) is 9.59 Å². The van der Waals surface area contributed by atoms with Gasteiger partial charge < -0.3 is 24.8 Å². The van der Waals surface area contributed by atoms with Gasteiger partial charge in [-0.05, 0) is 42.7 Å². The average molecular weight is 601 g/mol. The zero-order chi connectivity index (χ0) is 31.5. The molecule has 0 atom stereocenters. The Bertz CT molecular complexity index is 1580. The van der Waals surface area contributed by atoms with Crippen LogP contribution < -0.4 is 20.1 Å². The number of amides is 2. The number of ketones is 1. The molecule has 0 aliphatic carbocycles. The van der Waals surface area contributed by atoms with Crippen molar-refractivity contribution in [2.75, 3.05) is 13.7 Å². The van der Waals surface area contributed by atoms with Crippen LogP contribution in [0.25, 0.3) is 0 Å².